The number of hydrogen-bond acceptors (Lipinski definition) is 4. The van der Waals surface area contributed by atoms with Gasteiger partial charge in [-0.3, -0.25) is 24.8 Å². The molecule has 1 fully saturated rings. The molecule has 0 aromatic rings. The van der Waals surface area contributed by atoms with Crippen molar-refractivity contribution in [1.82, 2.24) is 10.4 Å². The Bertz CT molecular complexity index is 418. The van der Waals surface area contributed by atoms with Crippen LogP contribution in [0.5, 0.6) is 0 Å². The van der Waals surface area contributed by atoms with Crippen LogP contribution in [-0.4, -0.2) is 28.4 Å². The van der Waals surface area contributed by atoms with Crippen LogP contribution in [0.1, 0.15) is 34.6 Å². The van der Waals surface area contributed by atoms with E-state index in [2.05, 4.69) is 5.48 Å². The van der Waals surface area contributed by atoms with Crippen LogP contribution < -0.4 is 5.48 Å². The van der Waals surface area contributed by atoms with E-state index in [4.69, 9.17) is 4.84 Å². The quantitative estimate of drug-likeness (QED) is 0.691. The molecule has 0 aliphatic carbocycles. The monoisotopic (exact) mass is 238 g/mol. The molecular weight excluding hydrogens is 220 g/mol. The Morgan fingerprint density at radius 1 is 1.29 bits per heavy atom. The first-order valence-electron chi connectivity index (χ1n) is 5.79. The van der Waals surface area contributed by atoms with Gasteiger partial charge in [0.1, 0.15) is 0 Å². The van der Waals surface area contributed by atoms with Gasteiger partial charge in [0.15, 0.2) is 6.10 Å². The van der Waals surface area contributed by atoms with Crippen LogP contribution in [-0.2, 0) is 14.4 Å². The van der Waals surface area contributed by atoms with Crippen LogP contribution >= 0.6 is 0 Å². The van der Waals surface area contributed by atoms with Crippen molar-refractivity contribution < 1.29 is 14.4 Å². The third-order valence-corrected chi connectivity index (χ3v) is 2.97. The fraction of sp³-hybridized carbons (Fsp3) is 0.667. The first-order valence-corrected chi connectivity index (χ1v) is 5.79. The van der Waals surface area contributed by atoms with Crippen molar-refractivity contribution in [2.75, 3.05) is 0 Å². The van der Waals surface area contributed by atoms with Crippen molar-refractivity contribution in [3.8, 4) is 0 Å². The van der Waals surface area contributed by atoms with E-state index < -0.39 is 11.6 Å². The molecule has 0 spiro atoms. The van der Waals surface area contributed by atoms with E-state index in [-0.39, 0.29) is 17.7 Å². The summed E-state index contributed by atoms with van der Waals surface area (Å²) in [4.78, 5) is 30.9. The fourth-order valence-corrected chi connectivity index (χ4v) is 2.18. The van der Waals surface area contributed by atoms with E-state index >= 15 is 0 Å². The summed E-state index contributed by atoms with van der Waals surface area (Å²) in [7, 11) is 0. The number of imide groups is 1. The smallest absolute Gasteiger partial charge is 0.266 e. The maximum Gasteiger partial charge on any atom is 0.266 e. The van der Waals surface area contributed by atoms with Crippen LogP contribution in [0.2, 0.25) is 0 Å². The highest BCUT2D eigenvalue weighted by Gasteiger charge is 2.53. The predicted molar refractivity (Wildman–Crippen MR) is 61.5 cm³/mol. The second kappa shape index (κ2) is 3.57. The topological polar surface area (TPSA) is 58.6 Å². The molecule has 0 saturated carbocycles. The molecule has 1 saturated heterocycles. The summed E-state index contributed by atoms with van der Waals surface area (Å²) in [6, 6.07) is 0. The molecule has 0 bridgehead atoms. The van der Waals surface area contributed by atoms with E-state index in [9.17, 15) is 9.59 Å². The Hall–Kier alpha value is -1.36. The highest BCUT2D eigenvalue weighted by molar-refractivity contribution is 6.17. The summed E-state index contributed by atoms with van der Waals surface area (Å²) in [5.74, 6) is -0.381. The van der Waals surface area contributed by atoms with Gasteiger partial charge in [-0.05, 0) is 26.7 Å². The Morgan fingerprint density at radius 2 is 1.88 bits per heavy atom. The lowest BCUT2D eigenvalue weighted by Crippen LogP contribution is -2.47. The van der Waals surface area contributed by atoms with E-state index in [1.807, 2.05) is 34.6 Å². The lowest BCUT2D eigenvalue weighted by Gasteiger charge is -2.30. The molecule has 2 aliphatic heterocycles. The zero-order valence-corrected chi connectivity index (χ0v) is 10.8. The van der Waals surface area contributed by atoms with Crippen molar-refractivity contribution in [2.24, 2.45) is 5.92 Å². The normalized spacial score (nSPS) is 24.8. The van der Waals surface area contributed by atoms with Gasteiger partial charge in [0, 0.05) is 5.54 Å². The van der Waals surface area contributed by atoms with Crippen LogP contribution in [0.25, 0.3) is 0 Å². The van der Waals surface area contributed by atoms with Gasteiger partial charge in [-0.1, -0.05) is 13.8 Å². The predicted octanol–water partition coefficient (Wildman–Crippen LogP) is 0.967. The number of hydrogen-bond donors (Lipinski definition) is 1. The standard InChI is InChI=1S/C12H18N2O3/c1-6(2)8-7-9(17-13-8)11(16)14(10(7)15)12(3,4)5/h6,9,13H,1-5H3. The number of carbonyl (C=O) groups excluding carboxylic acids is 2. The molecular formula is C12H18N2O3. The number of rotatable bonds is 1. The number of nitrogens with one attached hydrogen (secondary N) is 1. The van der Waals surface area contributed by atoms with Crippen LogP contribution in [0.15, 0.2) is 11.3 Å². The lowest BCUT2D eigenvalue weighted by molar-refractivity contribution is -0.148. The fourth-order valence-electron chi connectivity index (χ4n) is 2.18. The van der Waals surface area contributed by atoms with Crippen molar-refractivity contribution in [2.45, 2.75) is 46.3 Å². The molecule has 5 nitrogen and oxygen atoms in total. The Balaban J connectivity index is 2.47. The van der Waals surface area contributed by atoms with Gasteiger partial charge in [-0.2, -0.15) is 0 Å². The van der Waals surface area contributed by atoms with Crippen LogP contribution in [0.3, 0.4) is 0 Å². The van der Waals surface area contributed by atoms with Crippen LogP contribution in [0, 0.1) is 5.92 Å². The average molecular weight is 238 g/mol. The van der Waals surface area contributed by atoms with E-state index in [0.717, 1.165) is 5.70 Å². The first-order chi connectivity index (χ1) is 7.75. The molecule has 94 valence electrons. The molecule has 1 unspecified atom stereocenters. The first kappa shape index (κ1) is 12.1. The average Bonchev–Trinajstić information content (AvgIpc) is 2.66. The number of fused-ring (bicyclic) bond motifs is 1. The number of hydroxylamine groups is 1. The summed E-state index contributed by atoms with van der Waals surface area (Å²) in [5.41, 5.74) is 3.38. The molecule has 1 N–H and O–H groups in total. The van der Waals surface area contributed by atoms with E-state index in [0.29, 0.717) is 5.57 Å². The molecule has 2 heterocycles. The van der Waals surface area contributed by atoms with Gasteiger partial charge < -0.3 is 0 Å². The summed E-state index contributed by atoms with van der Waals surface area (Å²) in [6.07, 6.45) is -0.765. The molecule has 2 amide bonds. The van der Waals surface area contributed by atoms with E-state index in [1.165, 1.54) is 4.90 Å². The molecule has 0 radical (unpaired) electrons. The lowest BCUT2D eigenvalue weighted by atomic mass is 10.0. The highest BCUT2D eigenvalue weighted by Crippen LogP contribution is 2.35. The number of allylic oxidation sites excluding steroid dienone is 1. The molecule has 17 heavy (non-hydrogen) atoms. The molecule has 1 atom stereocenters. The summed E-state index contributed by atoms with van der Waals surface area (Å²) < 4.78 is 0. The van der Waals surface area contributed by atoms with Crippen molar-refractivity contribution >= 4 is 11.8 Å². The maximum atomic E-state index is 12.3. The van der Waals surface area contributed by atoms with Gasteiger partial charge in [0.2, 0.25) is 0 Å². The van der Waals surface area contributed by atoms with E-state index in [1.54, 1.807) is 0 Å². The molecule has 0 aromatic heterocycles. The zero-order chi connectivity index (χ0) is 13.0. The highest BCUT2D eigenvalue weighted by atomic mass is 16.7. The van der Waals surface area contributed by atoms with Gasteiger partial charge in [0.25, 0.3) is 11.8 Å². The minimum Gasteiger partial charge on any atom is -0.271 e. The minimum atomic E-state index is -0.765. The van der Waals surface area contributed by atoms with Crippen molar-refractivity contribution in [1.29, 1.82) is 0 Å². The van der Waals surface area contributed by atoms with Crippen molar-refractivity contribution in [3.63, 3.8) is 0 Å². The van der Waals surface area contributed by atoms with Crippen molar-refractivity contribution in [3.05, 3.63) is 11.3 Å². The number of carbonyl (C=O) groups is 2. The summed E-state index contributed by atoms with van der Waals surface area (Å²) >= 11 is 0. The number of nitrogens with zero attached hydrogens (tertiary/aromatic N) is 1. The van der Waals surface area contributed by atoms with Gasteiger partial charge in [-0.15, -0.1) is 0 Å². The molecule has 5 heteroatoms. The number of amides is 2. The number of likely N-dealkylation sites (tertiary alicyclic amines) is 1. The summed E-state index contributed by atoms with van der Waals surface area (Å²) in [5, 5.41) is 0. The minimum absolute atomic E-state index is 0.131. The SMILES string of the molecule is CC(C)C1=C2C(=O)N(C(C)(C)C)C(=O)C2ON1. The third kappa shape index (κ3) is 1.65. The molecule has 0 aromatic carbocycles. The Morgan fingerprint density at radius 3 is 2.35 bits per heavy atom. The van der Waals surface area contributed by atoms with Crippen LogP contribution in [0.4, 0.5) is 0 Å². The van der Waals surface area contributed by atoms with Gasteiger partial charge >= 0.3 is 0 Å². The maximum absolute atomic E-state index is 12.3. The second-order valence-electron chi connectivity index (χ2n) is 5.73. The zero-order valence-electron chi connectivity index (χ0n) is 10.8. The molecule has 2 rings (SSSR count). The Labute approximate surface area is 101 Å². The van der Waals surface area contributed by atoms with Gasteiger partial charge in [-0.25, -0.2) is 0 Å². The summed E-state index contributed by atoms with van der Waals surface area (Å²) in [6.45, 7) is 9.43. The molecule has 2 aliphatic rings. The van der Waals surface area contributed by atoms with Gasteiger partial charge in [0.05, 0.1) is 11.3 Å². The second-order valence-corrected chi connectivity index (χ2v) is 5.73. The third-order valence-electron chi connectivity index (χ3n) is 2.97. The largest absolute Gasteiger partial charge is 0.271 e. The Kier molecular flexibility index (Phi) is 2.54.